The van der Waals surface area contributed by atoms with Crippen molar-refractivity contribution in [1.82, 2.24) is 10.2 Å². The first kappa shape index (κ1) is 23.6. The molecule has 5 atom stereocenters. The molecule has 4 aliphatic rings. The summed E-state index contributed by atoms with van der Waals surface area (Å²) < 4.78 is 6.33. The molecule has 2 N–H and O–H groups in total. The Morgan fingerprint density at radius 2 is 1.82 bits per heavy atom. The summed E-state index contributed by atoms with van der Waals surface area (Å²) in [5.41, 5.74) is -0.685. The Morgan fingerprint density at radius 3 is 2.50 bits per heavy atom. The molecule has 1 aromatic rings. The fraction of sp³-hybridized carbons (Fsp3) is 0.560. The normalized spacial score (nSPS) is 32.2. The Kier molecular flexibility index (Phi) is 6.38. The molecule has 1 aliphatic carbocycles. The van der Waals surface area contributed by atoms with Crippen molar-refractivity contribution in [1.29, 1.82) is 0 Å². The van der Waals surface area contributed by atoms with E-state index in [1.807, 2.05) is 19.1 Å². The van der Waals surface area contributed by atoms with Crippen LogP contribution in [0, 0.1) is 11.8 Å². The number of halogens is 2. The van der Waals surface area contributed by atoms with Gasteiger partial charge >= 0.3 is 0 Å². The smallest absolute Gasteiger partial charge is 0.246 e. The van der Waals surface area contributed by atoms with E-state index in [1.54, 1.807) is 23.1 Å². The van der Waals surface area contributed by atoms with Gasteiger partial charge in [-0.2, -0.15) is 0 Å². The molecule has 34 heavy (non-hydrogen) atoms. The first-order valence-electron chi connectivity index (χ1n) is 12.1. The number of hydrogen-bond donors (Lipinski definition) is 2. The quantitative estimate of drug-likeness (QED) is 0.573. The monoisotopic (exact) mass is 505 g/mol. The molecule has 3 fully saturated rings. The molecule has 1 aromatic carbocycles. The van der Waals surface area contributed by atoms with Gasteiger partial charge < -0.3 is 20.3 Å². The van der Waals surface area contributed by atoms with Crippen LogP contribution >= 0.6 is 23.2 Å². The second kappa shape index (κ2) is 9.17. The molecule has 182 valence electrons. The van der Waals surface area contributed by atoms with Gasteiger partial charge in [-0.15, -0.1) is 0 Å². The van der Waals surface area contributed by atoms with Crippen LogP contribution < -0.4 is 10.6 Å². The summed E-state index contributed by atoms with van der Waals surface area (Å²) in [6.07, 6.45) is 9.04. The Morgan fingerprint density at radius 1 is 1.12 bits per heavy atom. The van der Waals surface area contributed by atoms with Gasteiger partial charge in [0.1, 0.15) is 11.6 Å². The average Bonchev–Trinajstić information content (AvgIpc) is 3.42. The molecule has 3 amide bonds. The molecular weight excluding hydrogens is 477 g/mol. The molecule has 3 heterocycles. The van der Waals surface area contributed by atoms with E-state index in [9.17, 15) is 14.4 Å². The van der Waals surface area contributed by atoms with E-state index in [1.165, 1.54) is 6.42 Å². The van der Waals surface area contributed by atoms with E-state index in [2.05, 4.69) is 10.6 Å². The van der Waals surface area contributed by atoms with Crippen molar-refractivity contribution in [2.24, 2.45) is 11.8 Å². The van der Waals surface area contributed by atoms with Gasteiger partial charge in [0.15, 0.2) is 0 Å². The van der Waals surface area contributed by atoms with Gasteiger partial charge in [-0.1, -0.05) is 61.5 Å². The van der Waals surface area contributed by atoms with E-state index < -0.39 is 29.6 Å². The van der Waals surface area contributed by atoms with Gasteiger partial charge in [0.2, 0.25) is 17.7 Å². The number of carbonyl (C=O) groups excluding carboxylic acids is 3. The Balaban J connectivity index is 1.42. The maximum atomic E-state index is 13.7. The van der Waals surface area contributed by atoms with E-state index in [4.69, 9.17) is 27.9 Å². The molecular formula is C25H29Cl2N3O4. The topological polar surface area (TPSA) is 87.7 Å². The predicted octanol–water partition coefficient (Wildman–Crippen LogP) is 3.94. The number of fused-ring (bicyclic) bond motifs is 1. The Hall–Kier alpha value is -2.09. The first-order chi connectivity index (χ1) is 16.3. The SMILES string of the molecule is CCCN1C(=O)[C@@H]2[C@@H](C(=O)Nc3cc(Cl)cc(Cl)c3)[C@@H]3C=C[C@@]2(O3)[C@H]1C(=O)NC1CCCCC1. The van der Waals surface area contributed by atoms with Gasteiger partial charge in [-0.25, -0.2) is 0 Å². The van der Waals surface area contributed by atoms with Gasteiger partial charge in [-0.3, -0.25) is 14.4 Å². The summed E-state index contributed by atoms with van der Waals surface area (Å²) in [4.78, 5) is 42.2. The molecule has 0 radical (unpaired) electrons. The van der Waals surface area contributed by atoms with Gasteiger partial charge in [0.05, 0.1) is 17.9 Å². The maximum Gasteiger partial charge on any atom is 0.246 e. The van der Waals surface area contributed by atoms with E-state index >= 15 is 0 Å². The van der Waals surface area contributed by atoms with Crippen LogP contribution in [0.3, 0.4) is 0 Å². The van der Waals surface area contributed by atoms with Gasteiger partial charge in [-0.05, 0) is 37.5 Å². The second-order valence-corrected chi connectivity index (χ2v) is 10.6. The van der Waals surface area contributed by atoms with Gasteiger partial charge in [0, 0.05) is 28.3 Å². The highest BCUT2D eigenvalue weighted by atomic mass is 35.5. The third-order valence-corrected chi connectivity index (χ3v) is 7.91. The minimum atomic E-state index is -1.14. The fourth-order valence-electron chi connectivity index (χ4n) is 6.13. The van der Waals surface area contributed by atoms with Crippen LogP contribution in [0.2, 0.25) is 10.0 Å². The molecule has 0 unspecified atom stereocenters. The summed E-state index contributed by atoms with van der Waals surface area (Å²) in [6, 6.07) is 4.11. The average molecular weight is 506 g/mol. The lowest BCUT2D eigenvalue weighted by Gasteiger charge is -2.34. The maximum absolute atomic E-state index is 13.7. The van der Waals surface area contributed by atoms with Crippen molar-refractivity contribution in [2.75, 3.05) is 11.9 Å². The van der Waals surface area contributed by atoms with Crippen molar-refractivity contribution in [2.45, 2.75) is 69.2 Å². The first-order valence-corrected chi connectivity index (χ1v) is 12.8. The highest BCUT2D eigenvalue weighted by molar-refractivity contribution is 6.35. The van der Waals surface area contributed by atoms with Crippen LogP contribution in [0.25, 0.3) is 0 Å². The summed E-state index contributed by atoms with van der Waals surface area (Å²) in [7, 11) is 0. The standard InChI is InChI=1S/C25H29Cl2N3O4/c1-2-10-30-21(23(32)28-16-6-4-3-5-7-16)25-9-8-18(34-25)19(20(25)24(30)33)22(31)29-17-12-14(26)11-15(27)13-17/h8-9,11-13,16,18-21H,2-7,10H2,1H3,(H,28,32)(H,29,31)/t18-,19-,20-,21+,25-/m0/s1. The van der Waals surface area contributed by atoms with Crippen molar-refractivity contribution >= 4 is 46.6 Å². The van der Waals surface area contributed by atoms with Crippen LogP contribution in [-0.2, 0) is 19.1 Å². The minimum absolute atomic E-state index is 0.115. The third-order valence-electron chi connectivity index (χ3n) is 7.47. The van der Waals surface area contributed by atoms with Crippen LogP contribution in [0.4, 0.5) is 5.69 Å². The van der Waals surface area contributed by atoms with Crippen molar-refractivity contribution < 1.29 is 19.1 Å². The largest absolute Gasteiger partial charge is 0.359 e. The lowest BCUT2D eigenvalue weighted by Crippen LogP contribution is -2.56. The summed E-state index contributed by atoms with van der Waals surface area (Å²) in [6.45, 7) is 2.40. The number of amides is 3. The number of anilines is 1. The highest BCUT2D eigenvalue weighted by Crippen LogP contribution is 2.55. The molecule has 5 rings (SSSR count). The van der Waals surface area contributed by atoms with Crippen molar-refractivity contribution in [3.8, 4) is 0 Å². The molecule has 1 spiro atoms. The Bertz CT molecular complexity index is 1020. The number of carbonyl (C=O) groups is 3. The zero-order valence-corrected chi connectivity index (χ0v) is 20.6. The molecule has 1 saturated carbocycles. The number of rotatable bonds is 6. The predicted molar refractivity (Wildman–Crippen MR) is 130 cm³/mol. The van der Waals surface area contributed by atoms with Crippen LogP contribution in [0.15, 0.2) is 30.4 Å². The fourth-order valence-corrected chi connectivity index (χ4v) is 6.65. The number of nitrogens with zero attached hydrogens (tertiary/aromatic N) is 1. The van der Waals surface area contributed by atoms with Crippen molar-refractivity contribution in [3.63, 3.8) is 0 Å². The van der Waals surface area contributed by atoms with Crippen LogP contribution in [-0.4, -0.2) is 53.0 Å². The van der Waals surface area contributed by atoms with Crippen LogP contribution in [0.5, 0.6) is 0 Å². The molecule has 3 aliphatic heterocycles. The van der Waals surface area contributed by atoms with E-state index in [-0.39, 0.29) is 23.8 Å². The summed E-state index contributed by atoms with van der Waals surface area (Å²) in [5.74, 6) is -2.25. The van der Waals surface area contributed by atoms with E-state index in [0.29, 0.717) is 28.7 Å². The van der Waals surface area contributed by atoms with E-state index in [0.717, 1.165) is 25.7 Å². The molecule has 0 aromatic heterocycles. The lowest BCUT2D eigenvalue weighted by molar-refractivity contribution is -0.141. The molecule has 9 heteroatoms. The Labute approximate surface area is 209 Å². The van der Waals surface area contributed by atoms with Gasteiger partial charge in [0.25, 0.3) is 0 Å². The summed E-state index contributed by atoms with van der Waals surface area (Å²) in [5, 5.41) is 6.82. The van der Waals surface area contributed by atoms with Crippen molar-refractivity contribution in [3.05, 3.63) is 40.4 Å². The second-order valence-electron chi connectivity index (χ2n) is 9.72. The number of benzene rings is 1. The number of ether oxygens (including phenoxy) is 1. The van der Waals surface area contributed by atoms with Crippen LogP contribution in [0.1, 0.15) is 45.4 Å². The third kappa shape index (κ3) is 3.91. The molecule has 2 saturated heterocycles. The summed E-state index contributed by atoms with van der Waals surface area (Å²) >= 11 is 12.2. The molecule has 2 bridgehead atoms. The highest BCUT2D eigenvalue weighted by Gasteiger charge is 2.72. The lowest BCUT2D eigenvalue weighted by atomic mass is 9.74. The number of likely N-dealkylation sites (tertiary alicyclic amines) is 1. The molecule has 7 nitrogen and oxygen atoms in total. The number of hydrogen-bond acceptors (Lipinski definition) is 4. The zero-order valence-electron chi connectivity index (χ0n) is 19.1. The zero-order chi connectivity index (χ0) is 24.0. The minimum Gasteiger partial charge on any atom is -0.359 e. The number of nitrogens with one attached hydrogen (secondary N) is 2.